The molecule has 2 heterocycles. The Morgan fingerprint density at radius 1 is 0.600 bits per heavy atom. The molecule has 0 saturated carbocycles. The zero-order chi connectivity index (χ0) is 30.0. The molecule has 216 valence electrons. The Hall–Kier alpha value is -4.03. The maximum absolute atomic E-state index is 2.48. The zero-order valence-electron chi connectivity index (χ0n) is 25.1. The summed E-state index contributed by atoms with van der Waals surface area (Å²) in [5, 5.41) is 0. The Morgan fingerprint density at radius 3 is 1.91 bits per heavy atom. The Morgan fingerprint density at radius 2 is 1.22 bits per heavy atom. The molecule has 4 aromatic carbocycles. The van der Waals surface area contributed by atoms with Gasteiger partial charge in [0.25, 0.3) is 0 Å². The predicted octanol–water partition coefficient (Wildman–Crippen LogP) is 10.5. The summed E-state index contributed by atoms with van der Waals surface area (Å²) in [7, 11) is 0. The molecule has 0 nitrogen and oxygen atoms in total. The second-order valence-electron chi connectivity index (χ2n) is 11.7. The van der Waals surface area contributed by atoms with E-state index in [4.69, 9.17) is 0 Å². The number of fused-ring (bicyclic) bond motifs is 2. The van der Waals surface area contributed by atoms with E-state index >= 15 is 0 Å². The summed E-state index contributed by atoms with van der Waals surface area (Å²) in [6, 6.07) is 46.4. The van der Waals surface area contributed by atoms with Gasteiger partial charge in [-0.1, -0.05) is 0 Å². The first-order chi connectivity index (χ1) is 22.3. The van der Waals surface area contributed by atoms with Gasteiger partial charge in [-0.2, -0.15) is 0 Å². The molecule has 0 unspecified atom stereocenters. The fraction of sp³-hybridized carbons (Fsp3) is 0.0930. The molecular formula is C43H33Se2+. The molecule has 0 atom stereocenters. The minimum absolute atomic E-state index is 0.294. The van der Waals surface area contributed by atoms with E-state index in [9.17, 15) is 0 Å². The van der Waals surface area contributed by atoms with Gasteiger partial charge in [-0.05, 0) is 0 Å². The first-order valence-electron chi connectivity index (χ1n) is 15.8. The van der Waals surface area contributed by atoms with Crippen molar-refractivity contribution in [3.63, 3.8) is 0 Å². The molecule has 0 spiro atoms. The Kier molecular flexibility index (Phi) is 8.07. The van der Waals surface area contributed by atoms with E-state index in [1.54, 1.807) is 20.0 Å². The molecule has 1 aliphatic heterocycles. The van der Waals surface area contributed by atoms with Gasteiger partial charge in [0.1, 0.15) is 0 Å². The topological polar surface area (TPSA) is 0 Å². The van der Waals surface area contributed by atoms with Gasteiger partial charge < -0.3 is 0 Å². The Labute approximate surface area is 278 Å². The van der Waals surface area contributed by atoms with E-state index < -0.39 is 0 Å². The van der Waals surface area contributed by atoms with Crippen molar-refractivity contribution in [2.75, 3.05) is 0 Å². The molecule has 2 heteroatoms. The maximum atomic E-state index is 2.48. The molecule has 0 amide bonds. The van der Waals surface area contributed by atoms with Crippen LogP contribution in [0.2, 0.25) is 0 Å². The van der Waals surface area contributed by atoms with Crippen molar-refractivity contribution in [1.82, 2.24) is 0 Å². The van der Waals surface area contributed by atoms with Crippen LogP contribution >= 0.6 is 0 Å². The SMILES string of the molecule is C1=C(c2ccccc2)[Se]C2=C(/C=C/C=C3\CCc4c(-c5ccccc5)cc(-c5ccccc5)[se+]c43)CCC2=C1c1ccccc1. The molecule has 0 fully saturated rings. The first kappa shape index (κ1) is 28.4. The molecule has 3 aliphatic rings. The van der Waals surface area contributed by atoms with Crippen LogP contribution in [0.15, 0.2) is 167 Å². The van der Waals surface area contributed by atoms with Crippen LogP contribution in [0.1, 0.15) is 40.4 Å². The van der Waals surface area contributed by atoms with Crippen molar-refractivity contribution in [2.45, 2.75) is 25.7 Å². The summed E-state index contributed by atoms with van der Waals surface area (Å²) < 4.78 is 6.15. The Bertz CT molecular complexity index is 2030. The fourth-order valence-corrected chi connectivity index (χ4v) is 12.1. The quantitative estimate of drug-likeness (QED) is 0.154. The predicted molar refractivity (Wildman–Crippen MR) is 194 cm³/mol. The summed E-state index contributed by atoms with van der Waals surface area (Å²) >= 11 is 0.589. The number of allylic oxidation sites excluding steroid dienone is 9. The van der Waals surface area contributed by atoms with Gasteiger partial charge in [0, 0.05) is 0 Å². The first-order valence-corrected chi connectivity index (χ1v) is 19.2. The standard InChI is InChI=1S/C43H33Se2/c1-5-14-30(15-6-1)38-28-40(32-18-9-3-10-19-32)44-42-34(24-26-36(38)42)22-13-23-35-25-27-37-39(31-16-7-2-8-17-31)29-41(45-43(35)37)33-20-11-4-12-21-33/h1-23,28-29H,24-27H2/q+1. The van der Waals surface area contributed by atoms with Gasteiger partial charge in [-0.3, -0.25) is 0 Å². The fourth-order valence-electron chi connectivity index (χ4n) is 6.68. The van der Waals surface area contributed by atoms with E-state index in [1.807, 2.05) is 0 Å². The molecule has 0 radical (unpaired) electrons. The molecule has 5 aromatic rings. The molecule has 45 heavy (non-hydrogen) atoms. The Balaban J connectivity index is 1.17. The third kappa shape index (κ3) is 5.77. The van der Waals surface area contributed by atoms with Crippen LogP contribution in [0.4, 0.5) is 0 Å². The summed E-state index contributed by atoms with van der Waals surface area (Å²) in [6.45, 7) is 0. The van der Waals surface area contributed by atoms with Gasteiger partial charge in [0.15, 0.2) is 0 Å². The van der Waals surface area contributed by atoms with Crippen molar-refractivity contribution in [3.05, 3.63) is 188 Å². The minimum atomic E-state index is 0.294. The van der Waals surface area contributed by atoms with Gasteiger partial charge in [-0.15, -0.1) is 0 Å². The van der Waals surface area contributed by atoms with Gasteiger partial charge in [0.05, 0.1) is 0 Å². The molecule has 2 aliphatic carbocycles. The van der Waals surface area contributed by atoms with E-state index in [0.717, 1.165) is 25.7 Å². The van der Waals surface area contributed by atoms with Crippen LogP contribution in [0.25, 0.3) is 36.7 Å². The second-order valence-corrected chi connectivity index (χ2v) is 16.1. The average molecular weight is 708 g/mol. The summed E-state index contributed by atoms with van der Waals surface area (Å²) in [6.07, 6.45) is 14.3. The average Bonchev–Trinajstić information content (AvgIpc) is 3.73. The molecule has 0 bridgehead atoms. The van der Waals surface area contributed by atoms with E-state index in [-0.39, 0.29) is 0 Å². The van der Waals surface area contributed by atoms with Crippen LogP contribution < -0.4 is 0 Å². The number of hydrogen-bond acceptors (Lipinski definition) is 0. The van der Waals surface area contributed by atoms with Crippen molar-refractivity contribution in [3.8, 4) is 21.1 Å². The van der Waals surface area contributed by atoms with Gasteiger partial charge in [-0.25, -0.2) is 0 Å². The summed E-state index contributed by atoms with van der Waals surface area (Å²) in [4.78, 5) is 0. The van der Waals surface area contributed by atoms with E-state index in [0.29, 0.717) is 29.5 Å². The molecule has 1 aromatic heterocycles. The third-order valence-electron chi connectivity index (χ3n) is 8.93. The van der Waals surface area contributed by atoms with Crippen LogP contribution in [-0.4, -0.2) is 29.5 Å². The van der Waals surface area contributed by atoms with Gasteiger partial charge in [0.2, 0.25) is 0 Å². The van der Waals surface area contributed by atoms with Crippen LogP contribution in [0.3, 0.4) is 0 Å². The van der Waals surface area contributed by atoms with Gasteiger partial charge >= 0.3 is 280 Å². The molecule has 0 N–H and O–H groups in total. The van der Waals surface area contributed by atoms with Crippen molar-refractivity contribution in [2.24, 2.45) is 0 Å². The van der Waals surface area contributed by atoms with Crippen LogP contribution in [-0.2, 0) is 6.42 Å². The third-order valence-corrected chi connectivity index (χ3v) is 14.3. The monoisotopic (exact) mass is 709 g/mol. The van der Waals surface area contributed by atoms with E-state index in [2.05, 4.69) is 152 Å². The normalized spacial score (nSPS) is 16.8. The molecular weight excluding hydrogens is 674 g/mol. The number of rotatable bonds is 6. The molecule has 8 rings (SSSR count). The number of benzene rings is 4. The summed E-state index contributed by atoms with van der Waals surface area (Å²) in [5.74, 6) is 0. The van der Waals surface area contributed by atoms with Crippen molar-refractivity contribution >= 4 is 45.1 Å². The van der Waals surface area contributed by atoms with Crippen molar-refractivity contribution in [1.29, 1.82) is 0 Å². The molecule has 0 saturated heterocycles. The van der Waals surface area contributed by atoms with E-state index in [1.165, 1.54) is 53.4 Å². The van der Waals surface area contributed by atoms with Crippen molar-refractivity contribution < 1.29 is 0 Å². The van der Waals surface area contributed by atoms with Crippen LogP contribution in [0.5, 0.6) is 0 Å². The van der Waals surface area contributed by atoms with Crippen LogP contribution in [0, 0.1) is 0 Å². The zero-order valence-corrected chi connectivity index (χ0v) is 28.5. The summed E-state index contributed by atoms with van der Waals surface area (Å²) in [5.41, 5.74) is 14.4. The number of hydrogen-bond donors (Lipinski definition) is 0. The second kappa shape index (κ2) is 12.8.